The Bertz CT molecular complexity index is 437. The van der Waals surface area contributed by atoms with Crippen molar-refractivity contribution in [1.29, 1.82) is 0 Å². The number of carbonyl (C=O) groups excluding carboxylic acids is 2. The highest BCUT2D eigenvalue weighted by molar-refractivity contribution is 5.91. The van der Waals surface area contributed by atoms with Gasteiger partial charge in [0, 0.05) is 20.0 Å². The average Bonchev–Trinajstić information content (AvgIpc) is 2.78. The highest BCUT2D eigenvalue weighted by Crippen LogP contribution is 2.06. The van der Waals surface area contributed by atoms with E-state index < -0.39 is 5.97 Å². The fraction of sp³-hybridized carbons (Fsp3) is 0.545. The second-order valence-corrected chi connectivity index (χ2v) is 4.18. The second kappa shape index (κ2) is 5.63. The molecule has 1 aliphatic rings. The van der Waals surface area contributed by atoms with Crippen LogP contribution in [0.4, 0.5) is 0 Å². The van der Waals surface area contributed by atoms with E-state index in [4.69, 9.17) is 4.84 Å². The molecule has 1 aromatic heterocycles. The summed E-state index contributed by atoms with van der Waals surface area (Å²) in [4.78, 5) is 28.2. The zero-order valence-electron chi connectivity index (χ0n) is 10.3. The number of nitrogens with zero attached hydrogens (tertiary/aromatic N) is 3. The van der Waals surface area contributed by atoms with E-state index in [2.05, 4.69) is 10.5 Å². The summed E-state index contributed by atoms with van der Waals surface area (Å²) in [5.41, 5.74) is 3.00. The van der Waals surface area contributed by atoms with Crippen LogP contribution in [0.3, 0.4) is 0 Å². The van der Waals surface area contributed by atoms with Gasteiger partial charge >= 0.3 is 5.97 Å². The summed E-state index contributed by atoms with van der Waals surface area (Å²) in [6, 6.07) is 1.50. The Balaban J connectivity index is 1.91. The molecule has 0 atom stereocenters. The standard InChI is InChI=1S/C11H16N4O3/c1-9(16)18-15-8-5-10(12-15)11(17)13-14-6-3-2-4-7-14/h5,8H,2-4,6-7H2,1H3,(H,13,17). The van der Waals surface area contributed by atoms with Crippen molar-refractivity contribution in [2.45, 2.75) is 26.2 Å². The quantitative estimate of drug-likeness (QED) is 0.818. The van der Waals surface area contributed by atoms with Gasteiger partial charge in [-0.2, -0.15) is 0 Å². The molecular weight excluding hydrogens is 236 g/mol. The van der Waals surface area contributed by atoms with Gasteiger partial charge in [-0.05, 0) is 18.9 Å². The summed E-state index contributed by atoms with van der Waals surface area (Å²) in [6.07, 6.45) is 4.80. The molecule has 0 spiro atoms. The Hall–Kier alpha value is -1.89. The first-order chi connectivity index (χ1) is 8.65. The summed E-state index contributed by atoms with van der Waals surface area (Å²) in [5, 5.41) is 5.74. The van der Waals surface area contributed by atoms with Crippen LogP contribution in [0.1, 0.15) is 36.7 Å². The zero-order valence-corrected chi connectivity index (χ0v) is 10.3. The van der Waals surface area contributed by atoms with Crippen LogP contribution in [0, 0.1) is 0 Å². The van der Waals surface area contributed by atoms with Crippen LogP contribution in [-0.4, -0.2) is 39.9 Å². The van der Waals surface area contributed by atoms with Gasteiger partial charge < -0.3 is 4.84 Å². The predicted molar refractivity (Wildman–Crippen MR) is 62.4 cm³/mol. The lowest BCUT2D eigenvalue weighted by molar-refractivity contribution is -0.143. The number of carbonyl (C=O) groups is 2. The van der Waals surface area contributed by atoms with Gasteiger partial charge in [0.25, 0.3) is 5.91 Å². The minimum atomic E-state index is -0.485. The van der Waals surface area contributed by atoms with Gasteiger partial charge in [-0.15, -0.1) is 5.10 Å². The van der Waals surface area contributed by atoms with Crippen LogP contribution in [0.2, 0.25) is 0 Å². The summed E-state index contributed by atoms with van der Waals surface area (Å²) in [5.74, 6) is -0.774. The van der Waals surface area contributed by atoms with Gasteiger partial charge in [-0.3, -0.25) is 10.2 Å². The summed E-state index contributed by atoms with van der Waals surface area (Å²) >= 11 is 0. The molecule has 2 heterocycles. The van der Waals surface area contributed by atoms with Crippen molar-refractivity contribution in [3.05, 3.63) is 18.0 Å². The summed E-state index contributed by atoms with van der Waals surface area (Å²) in [6.45, 7) is 2.99. The summed E-state index contributed by atoms with van der Waals surface area (Å²) in [7, 11) is 0. The van der Waals surface area contributed by atoms with E-state index >= 15 is 0 Å². The molecule has 7 nitrogen and oxygen atoms in total. The van der Waals surface area contributed by atoms with Crippen LogP contribution < -0.4 is 10.3 Å². The third-order valence-electron chi connectivity index (χ3n) is 2.64. The van der Waals surface area contributed by atoms with E-state index in [1.165, 1.54) is 25.6 Å². The summed E-state index contributed by atoms with van der Waals surface area (Å²) < 4.78 is 0. The Labute approximate surface area is 105 Å². The molecule has 0 aliphatic carbocycles. The monoisotopic (exact) mass is 252 g/mol. The van der Waals surface area contributed by atoms with Crippen LogP contribution in [-0.2, 0) is 4.79 Å². The lowest BCUT2D eigenvalue weighted by Gasteiger charge is -2.26. The number of hydrogen-bond donors (Lipinski definition) is 1. The Morgan fingerprint density at radius 1 is 1.33 bits per heavy atom. The third-order valence-corrected chi connectivity index (χ3v) is 2.64. The fourth-order valence-electron chi connectivity index (χ4n) is 1.82. The number of hydrogen-bond acceptors (Lipinski definition) is 5. The molecule has 18 heavy (non-hydrogen) atoms. The van der Waals surface area contributed by atoms with E-state index in [0.717, 1.165) is 30.8 Å². The third kappa shape index (κ3) is 3.30. The number of rotatable bonds is 3. The number of hydrazine groups is 1. The van der Waals surface area contributed by atoms with Crippen molar-refractivity contribution in [1.82, 2.24) is 20.4 Å². The van der Waals surface area contributed by atoms with Crippen LogP contribution in [0.25, 0.3) is 0 Å². The average molecular weight is 252 g/mol. The molecule has 0 unspecified atom stereocenters. The van der Waals surface area contributed by atoms with Gasteiger partial charge in [-0.25, -0.2) is 9.80 Å². The second-order valence-electron chi connectivity index (χ2n) is 4.18. The zero-order chi connectivity index (χ0) is 13.0. The normalized spacial score (nSPS) is 16.3. The van der Waals surface area contributed by atoms with Gasteiger partial charge in [0.05, 0.1) is 6.20 Å². The number of amides is 1. The molecule has 1 aromatic rings. The van der Waals surface area contributed by atoms with E-state index in [1.54, 1.807) is 0 Å². The molecule has 0 saturated carbocycles. The molecule has 0 aromatic carbocycles. The lowest BCUT2D eigenvalue weighted by Crippen LogP contribution is -2.45. The topological polar surface area (TPSA) is 76.5 Å². The Morgan fingerprint density at radius 2 is 2.06 bits per heavy atom. The molecule has 1 amide bonds. The van der Waals surface area contributed by atoms with Gasteiger partial charge in [-0.1, -0.05) is 11.3 Å². The number of nitrogens with one attached hydrogen (secondary N) is 1. The minimum Gasteiger partial charge on any atom is -0.320 e. The van der Waals surface area contributed by atoms with E-state index in [0.29, 0.717) is 0 Å². The molecule has 1 aliphatic heterocycles. The Kier molecular flexibility index (Phi) is 3.93. The maximum absolute atomic E-state index is 11.8. The van der Waals surface area contributed by atoms with Crippen molar-refractivity contribution in [2.24, 2.45) is 0 Å². The van der Waals surface area contributed by atoms with Gasteiger partial charge in [0.2, 0.25) is 0 Å². The van der Waals surface area contributed by atoms with Crippen LogP contribution in [0.5, 0.6) is 0 Å². The first-order valence-corrected chi connectivity index (χ1v) is 5.95. The largest absolute Gasteiger partial charge is 0.331 e. The van der Waals surface area contributed by atoms with Crippen molar-refractivity contribution in [2.75, 3.05) is 13.1 Å². The first kappa shape index (κ1) is 12.6. The van der Waals surface area contributed by atoms with Crippen molar-refractivity contribution >= 4 is 11.9 Å². The Morgan fingerprint density at radius 3 is 2.72 bits per heavy atom. The fourth-order valence-corrected chi connectivity index (χ4v) is 1.82. The number of aromatic nitrogens is 2. The molecule has 2 rings (SSSR count). The minimum absolute atomic E-state index is 0.224. The maximum atomic E-state index is 11.8. The predicted octanol–water partition coefficient (Wildman–Crippen LogP) is -0.0111. The molecule has 0 radical (unpaired) electrons. The maximum Gasteiger partial charge on any atom is 0.331 e. The lowest BCUT2D eigenvalue weighted by atomic mass is 10.2. The van der Waals surface area contributed by atoms with Crippen molar-refractivity contribution in [3.8, 4) is 0 Å². The molecule has 1 N–H and O–H groups in total. The highest BCUT2D eigenvalue weighted by Gasteiger charge is 2.16. The van der Waals surface area contributed by atoms with E-state index in [9.17, 15) is 9.59 Å². The number of piperidine rings is 1. The molecule has 0 bridgehead atoms. The van der Waals surface area contributed by atoms with Gasteiger partial charge in [0.15, 0.2) is 5.69 Å². The van der Waals surface area contributed by atoms with Crippen LogP contribution >= 0.6 is 0 Å². The molecule has 1 fully saturated rings. The van der Waals surface area contributed by atoms with Crippen molar-refractivity contribution in [3.63, 3.8) is 0 Å². The van der Waals surface area contributed by atoms with Crippen LogP contribution in [0.15, 0.2) is 12.3 Å². The van der Waals surface area contributed by atoms with E-state index in [1.807, 2.05) is 5.01 Å². The highest BCUT2D eigenvalue weighted by atomic mass is 16.7. The first-order valence-electron chi connectivity index (χ1n) is 5.95. The van der Waals surface area contributed by atoms with E-state index in [-0.39, 0.29) is 11.6 Å². The smallest absolute Gasteiger partial charge is 0.320 e. The molecule has 7 heteroatoms. The molecule has 1 saturated heterocycles. The van der Waals surface area contributed by atoms with Gasteiger partial charge in [0.1, 0.15) is 0 Å². The molecular formula is C11H16N4O3. The SMILES string of the molecule is CC(=O)On1ccc(C(=O)NN2CCCCC2)n1. The molecule has 98 valence electrons. The van der Waals surface area contributed by atoms with Crippen molar-refractivity contribution < 1.29 is 14.4 Å².